The molecule has 1 N–H and O–H groups in total. The van der Waals surface area contributed by atoms with Crippen molar-refractivity contribution >= 4 is 0 Å². The van der Waals surface area contributed by atoms with Crippen LogP contribution in [0.4, 0.5) is 8.78 Å². The van der Waals surface area contributed by atoms with Crippen LogP contribution in [0, 0.1) is 28.9 Å². The molecule has 1 heterocycles. The molecule has 1 aliphatic rings. The fourth-order valence-corrected chi connectivity index (χ4v) is 1.94. The minimum atomic E-state index is -0.587. The first-order chi connectivity index (χ1) is 7.22. The molecule has 0 spiro atoms. The van der Waals surface area contributed by atoms with Gasteiger partial charge in [0.15, 0.2) is 0 Å². The molecule has 0 aromatic heterocycles. The van der Waals surface area contributed by atoms with Crippen LogP contribution in [-0.2, 0) is 0 Å². The highest BCUT2D eigenvalue weighted by molar-refractivity contribution is 5.26. The van der Waals surface area contributed by atoms with Crippen LogP contribution >= 0.6 is 0 Å². The van der Waals surface area contributed by atoms with E-state index < -0.39 is 11.6 Å². The van der Waals surface area contributed by atoms with Crippen molar-refractivity contribution in [1.29, 1.82) is 5.26 Å². The van der Waals surface area contributed by atoms with Crippen LogP contribution < -0.4 is 5.32 Å². The van der Waals surface area contributed by atoms with Crippen molar-refractivity contribution in [3.63, 3.8) is 0 Å². The smallest absolute Gasteiger partial charge is 0.129 e. The van der Waals surface area contributed by atoms with Gasteiger partial charge in [-0.1, -0.05) is 6.07 Å². The topological polar surface area (TPSA) is 35.8 Å². The molecule has 4 heteroatoms. The summed E-state index contributed by atoms with van der Waals surface area (Å²) in [5.41, 5.74) is 0.424. The molecule has 0 aliphatic carbocycles. The second-order valence-corrected chi connectivity index (χ2v) is 3.67. The predicted octanol–water partition coefficient (Wildman–Crippen LogP) is 1.79. The summed E-state index contributed by atoms with van der Waals surface area (Å²) in [5.74, 6) is -1.56. The normalized spacial score (nSPS) is 25.1. The van der Waals surface area contributed by atoms with Gasteiger partial charge in [-0.05, 0) is 11.6 Å². The molecular weight excluding hydrogens is 198 g/mol. The van der Waals surface area contributed by atoms with E-state index >= 15 is 0 Å². The monoisotopic (exact) mass is 208 g/mol. The fraction of sp³-hybridized carbons (Fsp3) is 0.364. The lowest BCUT2D eigenvalue weighted by Gasteiger charge is -2.13. The van der Waals surface area contributed by atoms with Crippen LogP contribution in [-0.4, -0.2) is 13.1 Å². The highest BCUT2D eigenvalue weighted by Gasteiger charge is 2.30. The predicted molar refractivity (Wildman–Crippen MR) is 51.1 cm³/mol. The standard InChI is InChI=1S/C11H10F2N2/c12-8-1-2-9(11(13)3-8)10-6-15-5-7(10)4-14/h1-3,7,10,15H,5-6H2. The van der Waals surface area contributed by atoms with Gasteiger partial charge in [0.05, 0.1) is 12.0 Å². The number of nitrogens with zero attached hydrogens (tertiary/aromatic N) is 1. The largest absolute Gasteiger partial charge is 0.315 e. The Morgan fingerprint density at radius 2 is 2.13 bits per heavy atom. The number of hydrogen-bond donors (Lipinski definition) is 1. The first-order valence-corrected chi connectivity index (χ1v) is 4.77. The molecule has 2 unspecified atom stereocenters. The molecule has 1 aliphatic heterocycles. The summed E-state index contributed by atoms with van der Waals surface area (Å²) in [4.78, 5) is 0. The third-order valence-electron chi connectivity index (χ3n) is 2.74. The SMILES string of the molecule is N#CC1CNCC1c1ccc(F)cc1F. The Morgan fingerprint density at radius 1 is 1.33 bits per heavy atom. The van der Waals surface area contributed by atoms with Crippen LogP contribution in [0.5, 0.6) is 0 Å². The van der Waals surface area contributed by atoms with Crippen molar-refractivity contribution in [2.75, 3.05) is 13.1 Å². The highest BCUT2D eigenvalue weighted by atomic mass is 19.1. The van der Waals surface area contributed by atoms with Gasteiger partial charge in [0.1, 0.15) is 11.6 Å². The second-order valence-electron chi connectivity index (χ2n) is 3.67. The highest BCUT2D eigenvalue weighted by Crippen LogP contribution is 2.29. The van der Waals surface area contributed by atoms with E-state index in [1.807, 2.05) is 0 Å². The van der Waals surface area contributed by atoms with Crippen LogP contribution in [0.15, 0.2) is 18.2 Å². The van der Waals surface area contributed by atoms with E-state index in [-0.39, 0.29) is 11.8 Å². The van der Waals surface area contributed by atoms with Crippen molar-refractivity contribution in [2.24, 2.45) is 5.92 Å². The maximum atomic E-state index is 13.4. The average molecular weight is 208 g/mol. The molecular formula is C11H10F2N2. The van der Waals surface area contributed by atoms with Gasteiger partial charge in [0.2, 0.25) is 0 Å². The Kier molecular flexibility index (Phi) is 2.65. The molecule has 1 aromatic rings. The summed E-state index contributed by atoms with van der Waals surface area (Å²) >= 11 is 0. The Hall–Kier alpha value is -1.47. The molecule has 2 rings (SSSR count). The van der Waals surface area contributed by atoms with Crippen molar-refractivity contribution < 1.29 is 8.78 Å². The number of rotatable bonds is 1. The molecule has 0 amide bonds. The van der Waals surface area contributed by atoms with Crippen molar-refractivity contribution in [1.82, 2.24) is 5.32 Å². The van der Waals surface area contributed by atoms with Crippen LogP contribution in [0.25, 0.3) is 0 Å². The first kappa shape index (κ1) is 10.1. The van der Waals surface area contributed by atoms with E-state index in [1.165, 1.54) is 12.1 Å². The molecule has 15 heavy (non-hydrogen) atoms. The van der Waals surface area contributed by atoms with Gasteiger partial charge < -0.3 is 5.32 Å². The fourth-order valence-electron chi connectivity index (χ4n) is 1.94. The molecule has 0 bridgehead atoms. The van der Waals surface area contributed by atoms with Gasteiger partial charge in [-0.15, -0.1) is 0 Å². The van der Waals surface area contributed by atoms with Gasteiger partial charge in [-0.25, -0.2) is 8.78 Å². The van der Waals surface area contributed by atoms with Crippen LogP contribution in [0.3, 0.4) is 0 Å². The molecule has 1 saturated heterocycles. The van der Waals surface area contributed by atoms with Crippen LogP contribution in [0.2, 0.25) is 0 Å². The molecule has 2 atom stereocenters. The average Bonchev–Trinajstić information content (AvgIpc) is 2.65. The maximum absolute atomic E-state index is 13.4. The first-order valence-electron chi connectivity index (χ1n) is 4.77. The Labute approximate surface area is 86.5 Å². The van der Waals surface area contributed by atoms with Crippen molar-refractivity contribution in [3.05, 3.63) is 35.4 Å². The van der Waals surface area contributed by atoms with Gasteiger partial charge in [-0.3, -0.25) is 0 Å². The lowest BCUT2D eigenvalue weighted by molar-refractivity contribution is 0.542. The maximum Gasteiger partial charge on any atom is 0.129 e. The van der Waals surface area contributed by atoms with Gasteiger partial charge in [-0.2, -0.15) is 5.26 Å². The number of nitrogens with one attached hydrogen (secondary N) is 1. The van der Waals surface area contributed by atoms with E-state index in [4.69, 9.17) is 5.26 Å². The zero-order valence-electron chi connectivity index (χ0n) is 8.00. The number of benzene rings is 1. The molecule has 2 nitrogen and oxygen atoms in total. The zero-order valence-corrected chi connectivity index (χ0v) is 8.00. The summed E-state index contributed by atoms with van der Waals surface area (Å²) in [7, 11) is 0. The van der Waals surface area contributed by atoms with Gasteiger partial charge in [0, 0.05) is 25.1 Å². The third kappa shape index (κ3) is 1.83. The van der Waals surface area contributed by atoms with E-state index in [2.05, 4.69) is 11.4 Å². The van der Waals surface area contributed by atoms with Gasteiger partial charge in [0.25, 0.3) is 0 Å². The lowest BCUT2D eigenvalue weighted by atomic mass is 9.89. The number of hydrogen-bond acceptors (Lipinski definition) is 2. The minimum absolute atomic E-state index is 0.171. The van der Waals surface area contributed by atoms with Crippen LogP contribution in [0.1, 0.15) is 11.5 Å². The summed E-state index contributed by atoms with van der Waals surface area (Å²) in [6.07, 6.45) is 0. The third-order valence-corrected chi connectivity index (χ3v) is 2.74. The Morgan fingerprint density at radius 3 is 2.80 bits per heavy atom. The molecule has 0 radical (unpaired) electrons. The molecule has 1 aromatic carbocycles. The Balaban J connectivity index is 2.33. The molecule has 1 fully saturated rings. The van der Waals surface area contributed by atoms with Crippen molar-refractivity contribution in [3.8, 4) is 6.07 Å². The summed E-state index contributed by atoms with van der Waals surface area (Å²) in [5, 5.41) is 11.9. The van der Waals surface area contributed by atoms with Gasteiger partial charge >= 0.3 is 0 Å². The van der Waals surface area contributed by atoms with E-state index in [1.54, 1.807) is 0 Å². The zero-order chi connectivity index (χ0) is 10.8. The summed E-state index contributed by atoms with van der Waals surface area (Å²) in [6, 6.07) is 5.65. The van der Waals surface area contributed by atoms with E-state index in [0.717, 1.165) is 6.07 Å². The van der Waals surface area contributed by atoms with Crippen molar-refractivity contribution in [2.45, 2.75) is 5.92 Å². The number of nitriles is 1. The summed E-state index contributed by atoms with van der Waals surface area (Å²) in [6.45, 7) is 1.14. The second kappa shape index (κ2) is 3.95. The lowest BCUT2D eigenvalue weighted by Crippen LogP contribution is -2.10. The van der Waals surface area contributed by atoms with E-state index in [9.17, 15) is 8.78 Å². The van der Waals surface area contributed by atoms with E-state index in [0.29, 0.717) is 18.7 Å². The molecule has 0 saturated carbocycles. The minimum Gasteiger partial charge on any atom is -0.315 e. The molecule has 78 valence electrons. The Bertz CT molecular complexity index is 412. The quantitative estimate of drug-likeness (QED) is 0.763. The summed E-state index contributed by atoms with van der Waals surface area (Å²) < 4.78 is 26.1. The number of halogens is 2.